The minimum atomic E-state index is -2.81. The van der Waals surface area contributed by atoms with Gasteiger partial charge in [-0.25, -0.2) is 23.7 Å². The quantitative estimate of drug-likeness (QED) is 0.431. The van der Waals surface area contributed by atoms with Gasteiger partial charge in [0.2, 0.25) is 0 Å². The third kappa shape index (κ3) is 5.83. The lowest BCUT2D eigenvalue weighted by Gasteiger charge is -2.43. The molecule has 3 heterocycles. The number of H-pyrrole nitrogens is 1. The minimum absolute atomic E-state index is 0.0219. The Balaban J connectivity index is 1.77. The molecule has 8 nitrogen and oxygen atoms in total. The number of aromatic nitrogens is 4. The van der Waals surface area contributed by atoms with Crippen LogP contribution in [0, 0.1) is 5.41 Å². The molecule has 1 unspecified atom stereocenters. The van der Waals surface area contributed by atoms with Crippen molar-refractivity contribution in [3.8, 4) is 11.4 Å². The van der Waals surface area contributed by atoms with Gasteiger partial charge in [0.25, 0.3) is 6.43 Å². The highest BCUT2D eigenvalue weighted by molar-refractivity contribution is 7.96. The van der Waals surface area contributed by atoms with E-state index in [9.17, 15) is 8.78 Å². The predicted octanol–water partition coefficient (Wildman–Crippen LogP) is 3.02. The normalized spacial score (nSPS) is 19.0. The summed E-state index contributed by atoms with van der Waals surface area (Å²) in [6.45, 7) is 6.21. The van der Waals surface area contributed by atoms with E-state index in [1.54, 1.807) is 18.1 Å². The monoisotopic (exact) mass is 437 g/mol. The topological polar surface area (TPSA) is 103 Å². The van der Waals surface area contributed by atoms with Crippen molar-refractivity contribution in [2.24, 2.45) is 0 Å². The molecule has 0 saturated carbocycles. The smallest absolute Gasteiger partial charge is 0.279 e. The van der Waals surface area contributed by atoms with E-state index in [1.807, 2.05) is 12.3 Å². The van der Waals surface area contributed by atoms with E-state index in [1.165, 1.54) is 12.4 Å². The van der Waals surface area contributed by atoms with Crippen molar-refractivity contribution in [1.29, 1.82) is 5.41 Å². The summed E-state index contributed by atoms with van der Waals surface area (Å²) >= 11 is 1.56. The van der Waals surface area contributed by atoms with Crippen molar-refractivity contribution in [2.75, 3.05) is 30.8 Å². The zero-order chi connectivity index (χ0) is 21.7. The first kappa shape index (κ1) is 22.3. The van der Waals surface area contributed by atoms with Crippen LogP contribution in [0.15, 0.2) is 24.7 Å². The largest absolute Gasteiger partial charge is 0.367 e. The second-order valence-electron chi connectivity index (χ2n) is 7.47. The molecular formula is C19H25F2N7OS. The molecule has 1 atom stereocenters. The van der Waals surface area contributed by atoms with E-state index >= 15 is 0 Å². The molecule has 162 valence electrons. The van der Waals surface area contributed by atoms with Crippen LogP contribution < -0.4 is 9.62 Å². The Morgan fingerprint density at radius 2 is 2.27 bits per heavy atom. The zero-order valence-electron chi connectivity index (χ0n) is 17.0. The van der Waals surface area contributed by atoms with E-state index in [0.29, 0.717) is 30.3 Å². The van der Waals surface area contributed by atoms with E-state index in [4.69, 9.17) is 10.1 Å². The molecule has 0 aromatic carbocycles. The Bertz CT molecular complexity index is 903. The van der Waals surface area contributed by atoms with Crippen LogP contribution >= 0.6 is 11.9 Å². The molecule has 2 aromatic rings. The molecule has 3 rings (SSSR count). The summed E-state index contributed by atoms with van der Waals surface area (Å²) in [5, 5.41) is 7.18. The van der Waals surface area contributed by atoms with Gasteiger partial charge in [-0.3, -0.25) is 10.1 Å². The molecule has 1 aliphatic heterocycles. The number of hydrogen-bond donors (Lipinski definition) is 3. The summed E-state index contributed by atoms with van der Waals surface area (Å²) < 4.78 is 34.3. The van der Waals surface area contributed by atoms with Crippen molar-refractivity contribution < 1.29 is 13.5 Å². The van der Waals surface area contributed by atoms with Gasteiger partial charge in [0, 0.05) is 25.7 Å². The summed E-state index contributed by atoms with van der Waals surface area (Å²) in [7, 11) is 0. The third-order valence-corrected chi connectivity index (χ3v) is 4.90. The maximum Gasteiger partial charge on any atom is 0.279 e. The molecule has 1 aliphatic rings. The van der Waals surface area contributed by atoms with Crippen LogP contribution in [0.5, 0.6) is 0 Å². The maximum atomic E-state index is 12.4. The van der Waals surface area contributed by atoms with Crippen LogP contribution in [-0.2, 0) is 4.74 Å². The average molecular weight is 438 g/mol. The molecule has 0 amide bonds. The molecular weight excluding hydrogens is 412 g/mol. The Hall–Kier alpha value is -2.37. The first-order valence-electron chi connectivity index (χ1n) is 9.38. The number of nitrogens with zero attached hydrogens (tertiary/aromatic N) is 4. The van der Waals surface area contributed by atoms with Crippen LogP contribution in [0.3, 0.4) is 0 Å². The fourth-order valence-corrected chi connectivity index (χ4v) is 3.57. The Morgan fingerprint density at radius 3 is 3.00 bits per heavy atom. The number of alkyl halides is 2. The molecule has 11 heteroatoms. The minimum Gasteiger partial charge on any atom is -0.367 e. The predicted molar refractivity (Wildman–Crippen MR) is 115 cm³/mol. The summed E-state index contributed by atoms with van der Waals surface area (Å²) in [6.07, 6.45) is 4.62. The number of halogens is 2. The highest BCUT2D eigenvalue weighted by Crippen LogP contribution is 2.26. The third-order valence-electron chi connectivity index (χ3n) is 4.44. The lowest BCUT2D eigenvalue weighted by molar-refractivity contribution is -0.0801. The standard InChI is InChI=1S/C19H25F2N7OS/c1-19(2)10-28(9-12(29-19)7-26-30-3)17-6-14(24-11-25-17)15-8-23-16(27-15)5-4-13(22)18(20)21/h4-6,8,11-12,18,22,26H,7,9-10H2,1-3H3,(H,23,27)/b5-4-,22-13?. The SMILES string of the molecule is CSNCC1CN(c2cc(-c3cnc(/C=C\C(=N)C(F)F)[nH]3)ncn2)CC(C)(C)O1. The number of ether oxygens (including phenoxy) is 1. The Labute approximate surface area is 178 Å². The number of morpholine rings is 1. The zero-order valence-corrected chi connectivity index (χ0v) is 17.8. The Morgan fingerprint density at radius 1 is 1.47 bits per heavy atom. The second-order valence-corrected chi connectivity index (χ2v) is 8.16. The molecule has 30 heavy (non-hydrogen) atoms. The molecule has 3 N–H and O–H groups in total. The number of hydrogen-bond acceptors (Lipinski definition) is 8. The molecule has 1 saturated heterocycles. The number of imidazole rings is 1. The van der Waals surface area contributed by atoms with Gasteiger partial charge in [0.15, 0.2) is 0 Å². The van der Waals surface area contributed by atoms with E-state index in [0.717, 1.165) is 18.4 Å². The number of rotatable bonds is 8. The molecule has 0 radical (unpaired) electrons. The van der Waals surface area contributed by atoms with Crippen molar-refractivity contribution in [1.82, 2.24) is 24.7 Å². The van der Waals surface area contributed by atoms with Crippen LogP contribution in [-0.4, -0.2) is 69.7 Å². The summed E-state index contributed by atoms with van der Waals surface area (Å²) in [5.41, 5.74) is 0.182. The van der Waals surface area contributed by atoms with Gasteiger partial charge in [-0.15, -0.1) is 0 Å². The van der Waals surface area contributed by atoms with Crippen molar-refractivity contribution in [2.45, 2.75) is 32.0 Å². The van der Waals surface area contributed by atoms with Gasteiger partial charge in [-0.05, 0) is 32.3 Å². The van der Waals surface area contributed by atoms with E-state index < -0.39 is 12.1 Å². The maximum absolute atomic E-state index is 12.4. The van der Waals surface area contributed by atoms with Crippen LogP contribution in [0.25, 0.3) is 17.5 Å². The number of anilines is 1. The summed E-state index contributed by atoms with van der Waals surface area (Å²) in [4.78, 5) is 18.1. The van der Waals surface area contributed by atoms with Gasteiger partial charge in [-0.1, -0.05) is 11.9 Å². The van der Waals surface area contributed by atoms with Crippen LogP contribution in [0.4, 0.5) is 14.6 Å². The number of allylic oxidation sites excluding steroid dienone is 1. The van der Waals surface area contributed by atoms with E-state index in [-0.39, 0.29) is 11.7 Å². The van der Waals surface area contributed by atoms with Crippen LogP contribution in [0.1, 0.15) is 19.7 Å². The van der Waals surface area contributed by atoms with Crippen molar-refractivity contribution in [3.05, 3.63) is 30.5 Å². The van der Waals surface area contributed by atoms with Crippen LogP contribution in [0.2, 0.25) is 0 Å². The molecule has 1 fully saturated rings. The van der Waals surface area contributed by atoms with Crippen molar-refractivity contribution >= 4 is 29.6 Å². The van der Waals surface area contributed by atoms with Gasteiger partial charge >= 0.3 is 0 Å². The van der Waals surface area contributed by atoms with E-state index in [2.05, 4.69) is 43.4 Å². The number of nitrogens with one attached hydrogen (secondary N) is 3. The van der Waals surface area contributed by atoms with Gasteiger partial charge in [0.1, 0.15) is 18.0 Å². The van der Waals surface area contributed by atoms with Gasteiger partial charge < -0.3 is 14.6 Å². The first-order chi connectivity index (χ1) is 14.3. The fourth-order valence-electron chi connectivity index (χ4n) is 3.21. The molecule has 0 spiro atoms. The van der Waals surface area contributed by atoms with Gasteiger partial charge in [0.05, 0.1) is 35.0 Å². The van der Waals surface area contributed by atoms with Gasteiger partial charge in [-0.2, -0.15) is 0 Å². The molecule has 0 aliphatic carbocycles. The molecule has 2 aromatic heterocycles. The number of aromatic amines is 1. The lowest BCUT2D eigenvalue weighted by Crippen LogP contribution is -2.55. The highest BCUT2D eigenvalue weighted by Gasteiger charge is 2.34. The Kier molecular flexibility index (Phi) is 7.16. The highest BCUT2D eigenvalue weighted by atomic mass is 32.2. The lowest BCUT2D eigenvalue weighted by atomic mass is 10.1. The average Bonchev–Trinajstić information content (AvgIpc) is 3.18. The first-order valence-corrected chi connectivity index (χ1v) is 10.6. The molecule has 0 bridgehead atoms. The fraction of sp³-hybridized carbons (Fsp3) is 0.474. The summed E-state index contributed by atoms with van der Waals surface area (Å²) in [6, 6.07) is 1.86. The summed E-state index contributed by atoms with van der Waals surface area (Å²) in [5.74, 6) is 1.14. The second kappa shape index (κ2) is 9.63. The van der Waals surface area contributed by atoms with Crippen molar-refractivity contribution in [3.63, 3.8) is 0 Å².